The van der Waals surface area contributed by atoms with Gasteiger partial charge in [-0.3, -0.25) is 4.79 Å². The van der Waals surface area contributed by atoms with Gasteiger partial charge in [-0.1, -0.05) is 19.1 Å². The quantitative estimate of drug-likeness (QED) is 0.828. The van der Waals surface area contributed by atoms with Gasteiger partial charge in [0.05, 0.1) is 23.6 Å². The van der Waals surface area contributed by atoms with Gasteiger partial charge in [-0.05, 0) is 18.6 Å². The number of benzene rings is 1. The molecule has 2 N–H and O–H groups in total. The molecule has 1 amide bonds. The van der Waals surface area contributed by atoms with Crippen molar-refractivity contribution in [3.63, 3.8) is 0 Å². The smallest absolute Gasteiger partial charge is 0.336 e. The zero-order valence-corrected chi connectivity index (χ0v) is 10.0. The van der Waals surface area contributed by atoms with Gasteiger partial charge < -0.3 is 10.4 Å². The number of amides is 1. The Morgan fingerprint density at radius 1 is 1.39 bits per heavy atom. The van der Waals surface area contributed by atoms with Crippen LogP contribution in [0.4, 0.5) is 0 Å². The van der Waals surface area contributed by atoms with Crippen molar-refractivity contribution in [3.05, 3.63) is 35.4 Å². The Kier molecular flexibility index (Phi) is 4.88. The number of carboxylic acids is 1. The highest BCUT2D eigenvalue weighted by Crippen LogP contribution is 2.09. The number of nitriles is 1. The van der Waals surface area contributed by atoms with Crippen molar-refractivity contribution in [1.29, 1.82) is 5.26 Å². The Labute approximate surface area is 105 Å². The summed E-state index contributed by atoms with van der Waals surface area (Å²) in [5, 5.41) is 20.2. The number of hydrogen-bond donors (Lipinski definition) is 2. The summed E-state index contributed by atoms with van der Waals surface area (Å²) in [5.74, 6) is -1.61. The molecule has 0 heterocycles. The molecule has 0 aliphatic rings. The summed E-state index contributed by atoms with van der Waals surface area (Å²) in [6, 6.07) is 7.72. The predicted octanol–water partition coefficient (Wildman–Crippen LogP) is 1.81. The number of carboxylic acid groups (broad SMARTS) is 1. The van der Waals surface area contributed by atoms with Gasteiger partial charge >= 0.3 is 5.97 Å². The third kappa shape index (κ3) is 3.32. The van der Waals surface area contributed by atoms with Crippen molar-refractivity contribution < 1.29 is 14.7 Å². The summed E-state index contributed by atoms with van der Waals surface area (Å²) in [6.07, 6.45) is 0.825. The summed E-state index contributed by atoms with van der Waals surface area (Å²) in [4.78, 5) is 22.9. The molecular formula is C13H14N2O3. The zero-order valence-electron chi connectivity index (χ0n) is 10.0. The maximum atomic E-state index is 11.9. The summed E-state index contributed by atoms with van der Waals surface area (Å²) in [5.41, 5.74) is 0.0724. The first-order valence-electron chi connectivity index (χ1n) is 5.60. The van der Waals surface area contributed by atoms with Crippen LogP contribution in [0.3, 0.4) is 0 Å². The van der Waals surface area contributed by atoms with Gasteiger partial charge in [-0.2, -0.15) is 5.26 Å². The fraction of sp³-hybridized carbons (Fsp3) is 0.308. The third-order valence-corrected chi connectivity index (χ3v) is 2.57. The van der Waals surface area contributed by atoms with Gasteiger partial charge in [0.1, 0.15) is 0 Å². The van der Waals surface area contributed by atoms with Gasteiger partial charge in [0.25, 0.3) is 5.91 Å². The molecule has 0 spiro atoms. The summed E-state index contributed by atoms with van der Waals surface area (Å²) < 4.78 is 0. The van der Waals surface area contributed by atoms with E-state index in [-0.39, 0.29) is 23.6 Å². The molecule has 1 aromatic carbocycles. The third-order valence-electron chi connectivity index (χ3n) is 2.57. The second kappa shape index (κ2) is 6.40. The van der Waals surface area contributed by atoms with E-state index in [9.17, 15) is 9.59 Å². The molecule has 1 aromatic rings. The highest BCUT2D eigenvalue weighted by atomic mass is 16.4. The summed E-state index contributed by atoms with van der Waals surface area (Å²) >= 11 is 0. The number of nitrogens with one attached hydrogen (secondary N) is 1. The highest BCUT2D eigenvalue weighted by molar-refractivity contribution is 6.04. The van der Waals surface area contributed by atoms with Crippen LogP contribution in [-0.4, -0.2) is 23.0 Å². The van der Waals surface area contributed by atoms with Gasteiger partial charge in [0.15, 0.2) is 0 Å². The lowest BCUT2D eigenvalue weighted by molar-refractivity contribution is 0.0690. The molecule has 0 aromatic heterocycles. The number of carbonyl (C=O) groups is 2. The average Bonchev–Trinajstić information content (AvgIpc) is 2.38. The molecule has 0 saturated carbocycles. The van der Waals surface area contributed by atoms with E-state index >= 15 is 0 Å². The van der Waals surface area contributed by atoms with Crippen LogP contribution in [0.25, 0.3) is 0 Å². The minimum Gasteiger partial charge on any atom is -0.478 e. The molecule has 0 aliphatic carbocycles. The highest BCUT2D eigenvalue weighted by Gasteiger charge is 2.17. The van der Waals surface area contributed by atoms with E-state index in [0.29, 0.717) is 6.42 Å². The fourth-order valence-electron chi connectivity index (χ4n) is 1.54. The SMILES string of the molecule is CCC(CC#N)NC(=O)c1ccccc1C(=O)O. The summed E-state index contributed by atoms with van der Waals surface area (Å²) in [7, 11) is 0. The Hall–Kier alpha value is -2.35. The lowest BCUT2D eigenvalue weighted by Gasteiger charge is -2.14. The van der Waals surface area contributed by atoms with E-state index in [2.05, 4.69) is 5.32 Å². The number of nitrogens with zero attached hydrogens (tertiary/aromatic N) is 1. The lowest BCUT2D eigenvalue weighted by atomic mass is 10.1. The van der Waals surface area contributed by atoms with Crippen LogP contribution in [0.5, 0.6) is 0 Å². The van der Waals surface area contributed by atoms with Crippen molar-refractivity contribution in [2.75, 3.05) is 0 Å². The number of aromatic carboxylic acids is 1. The van der Waals surface area contributed by atoms with Crippen LogP contribution >= 0.6 is 0 Å². The largest absolute Gasteiger partial charge is 0.478 e. The molecule has 0 radical (unpaired) electrons. The first kappa shape index (κ1) is 13.7. The minimum absolute atomic E-state index is 0.0400. The fourth-order valence-corrected chi connectivity index (χ4v) is 1.54. The second-order valence-corrected chi connectivity index (χ2v) is 3.79. The van der Waals surface area contributed by atoms with Crippen molar-refractivity contribution in [2.24, 2.45) is 0 Å². The number of hydrogen-bond acceptors (Lipinski definition) is 3. The molecule has 0 bridgehead atoms. The van der Waals surface area contributed by atoms with Crippen molar-refractivity contribution in [3.8, 4) is 6.07 Å². The van der Waals surface area contributed by atoms with Gasteiger partial charge in [0.2, 0.25) is 0 Å². The number of carbonyl (C=O) groups excluding carboxylic acids is 1. The minimum atomic E-state index is -1.14. The van der Waals surface area contributed by atoms with E-state index in [1.54, 1.807) is 12.1 Å². The molecular weight excluding hydrogens is 232 g/mol. The van der Waals surface area contributed by atoms with Crippen LogP contribution in [0, 0.1) is 11.3 Å². The van der Waals surface area contributed by atoms with Crippen LogP contribution in [0.2, 0.25) is 0 Å². The van der Waals surface area contributed by atoms with Crippen molar-refractivity contribution in [1.82, 2.24) is 5.32 Å². The molecule has 0 saturated heterocycles. The topological polar surface area (TPSA) is 90.2 Å². The van der Waals surface area contributed by atoms with Crippen LogP contribution < -0.4 is 5.32 Å². The Bertz CT molecular complexity index is 491. The van der Waals surface area contributed by atoms with Gasteiger partial charge in [0, 0.05) is 6.04 Å². The average molecular weight is 246 g/mol. The first-order valence-corrected chi connectivity index (χ1v) is 5.60. The molecule has 0 fully saturated rings. The van der Waals surface area contributed by atoms with Crippen LogP contribution in [0.1, 0.15) is 40.5 Å². The molecule has 5 nitrogen and oxygen atoms in total. The van der Waals surface area contributed by atoms with E-state index in [0.717, 1.165) is 0 Å². The molecule has 94 valence electrons. The molecule has 0 aliphatic heterocycles. The standard InChI is InChI=1S/C13H14N2O3/c1-2-9(7-8-14)15-12(16)10-5-3-4-6-11(10)13(17)18/h3-6,9H,2,7H2,1H3,(H,15,16)(H,17,18). The molecule has 1 rings (SSSR count). The van der Waals surface area contributed by atoms with E-state index in [1.807, 2.05) is 13.0 Å². The van der Waals surface area contributed by atoms with E-state index < -0.39 is 11.9 Å². The van der Waals surface area contributed by atoms with Crippen molar-refractivity contribution in [2.45, 2.75) is 25.8 Å². The van der Waals surface area contributed by atoms with Crippen LogP contribution in [-0.2, 0) is 0 Å². The monoisotopic (exact) mass is 246 g/mol. The van der Waals surface area contributed by atoms with Crippen molar-refractivity contribution >= 4 is 11.9 Å². The van der Waals surface area contributed by atoms with E-state index in [4.69, 9.17) is 10.4 Å². The second-order valence-electron chi connectivity index (χ2n) is 3.79. The Morgan fingerprint density at radius 3 is 2.50 bits per heavy atom. The van der Waals surface area contributed by atoms with Crippen LogP contribution in [0.15, 0.2) is 24.3 Å². The maximum absolute atomic E-state index is 11.9. The molecule has 5 heteroatoms. The van der Waals surface area contributed by atoms with Gasteiger partial charge in [-0.25, -0.2) is 4.79 Å². The zero-order chi connectivity index (χ0) is 13.5. The lowest BCUT2D eigenvalue weighted by Crippen LogP contribution is -2.34. The molecule has 1 unspecified atom stereocenters. The molecule has 18 heavy (non-hydrogen) atoms. The molecule has 1 atom stereocenters. The summed E-state index contributed by atoms with van der Waals surface area (Å²) in [6.45, 7) is 1.85. The van der Waals surface area contributed by atoms with Gasteiger partial charge in [-0.15, -0.1) is 0 Å². The normalized spacial score (nSPS) is 11.3. The Balaban J connectivity index is 2.91. The Morgan fingerprint density at radius 2 is 2.00 bits per heavy atom. The maximum Gasteiger partial charge on any atom is 0.336 e. The number of rotatable bonds is 5. The predicted molar refractivity (Wildman–Crippen MR) is 65.2 cm³/mol. The first-order chi connectivity index (χ1) is 8.60. The van der Waals surface area contributed by atoms with E-state index in [1.165, 1.54) is 12.1 Å².